The molecule has 0 bridgehead atoms. The zero-order valence-corrected chi connectivity index (χ0v) is 25.9. The summed E-state index contributed by atoms with van der Waals surface area (Å²) in [6.07, 6.45) is 2.39. The Labute approximate surface area is 206 Å². The van der Waals surface area contributed by atoms with Gasteiger partial charge in [0.15, 0.2) is 14.7 Å². The Balaban J connectivity index is -0.000000793. The fourth-order valence-electron chi connectivity index (χ4n) is 1.71. The molecule has 0 aromatic carbocycles. The average Bonchev–Trinajstić information content (AvgIpc) is 2.78. The zero-order chi connectivity index (χ0) is 24.6. The van der Waals surface area contributed by atoms with E-state index in [1.807, 2.05) is 13.8 Å². The minimum absolute atomic E-state index is 0. The number of rotatable bonds is 16. The molecule has 0 spiro atoms. The van der Waals surface area contributed by atoms with Gasteiger partial charge < -0.3 is 20.9 Å². The van der Waals surface area contributed by atoms with Gasteiger partial charge in [0.05, 0.1) is 0 Å². The van der Waals surface area contributed by atoms with Gasteiger partial charge in [0.1, 0.15) is 0 Å². The first kappa shape index (κ1) is 37.7. The van der Waals surface area contributed by atoms with Crippen LogP contribution in [0.5, 0.6) is 0 Å². The van der Waals surface area contributed by atoms with Crippen LogP contribution < -0.4 is 0 Å². The van der Waals surface area contributed by atoms with Crippen LogP contribution in [0, 0.1) is 0 Å². The van der Waals surface area contributed by atoms with E-state index in [-0.39, 0.29) is 5.48 Å². The lowest BCUT2D eigenvalue weighted by atomic mass is 10.8. The second-order valence-electron chi connectivity index (χ2n) is 6.01. The predicted octanol–water partition coefficient (Wildman–Crippen LogP) is 4.15. The molecule has 2 radical (unpaired) electrons. The molecule has 0 aliphatic carbocycles. The summed E-state index contributed by atoms with van der Waals surface area (Å²) < 4.78 is 71.4. The molecule has 1 unspecified atom stereocenters. The Morgan fingerprint density at radius 3 is 1.44 bits per heavy atom. The molecule has 0 aromatic rings. The molecule has 32 heavy (non-hydrogen) atoms. The minimum Gasteiger partial charge on any atom is -0.596 e. The van der Waals surface area contributed by atoms with Crippen molar-refractivity contribution in [2.45, 2.75) is 41.5 Å². The van der Waals surface area contributed by atoms with E-state index < -0.39 is 74.0 Å². The van der Waals surface area contributed by atoms with Crippen molar-refractivity contribution >= 4 is 67.9 Å². The second-order valence-corrected chi connectivity index (χ2v) is 19.2. The summed E-state index contributed by atoms with van der Waals surface area (Å²) in [7, 11) is -8.33. The van der Waals surface area contributed by atoms with Crippen molar-refractivity contribution in [3.63, 3.8) is 0 Å². The average molecular weight is 571 g/mol. The number of hydrogen-bond donors (Lipinski definition) is 0. The molecule has 1 atom stereocenters. The zero-order valence-electron chi connectivity index (χ0n) is 20.0. The topological polar surface area (TPSA) is 163 Å². The molecule has 11 nitrogen and oxygen atoms in total. The van der Waals surface area contributed by atoms with Gasteiger partial charge in [-0.1, -0.05) is 41.5 Å². The van der Waals surface area contributed by atoms with Crippen LogP contribution in [0.25, 0.3) is 0 Å². The molecule has 0 fully saturated rings. The fraction of sp³-hybridized carbons (Fsp3) is 0.933. The lowest BCUT2D eigenvalue weighted by molar-refractivity contribution is -0.132. The van der Waals surface area contributed by atoms with E-state index in [1.54, 1.807) is 27.7 Å². The minimum atomic E-state index is -2.71. The summed E-state index contributed by atoms with van der Waals surface area (Å²) in [4.78, 5) is 11.5. The summed E-state index contributed by atoms with van der Waals surface area (Å²) >= 11 is -2.37. The summed E-state index contributed by atoms with van der Waals surface area (Å²) in [5.74, 6) is -0.742. The van der Waals surface area contributed by atoms with E-state index in [9.17, 15) is 23.1 Å². The second kappa shape index (κ2) is 20.3. The third kappa shape index (κ3) is 17.5. The lowest BCUT2D eigenvalue weighted by Gasteiger charge is -2.14. The maximum atomic E-state index is 11.9. The Hall–Kier alpha value is 1.12. The van der Waals surface area contributed by atoms with Gasteiger partial charge in [-0.15, -0.1) is 0 Å². The Bertz CT molecular complexity index is 601. The van der Waals surface area contributed by atoms with Crippen LogP contribution in [-0.2, 0) is 42.1 Å². The molecule has 0 aliphatic rings. The third-order valence-electron chi connectivity index (χ3n) is 4.29. The molecule has 188 valence electrons. The third-order valence-corrected chi connectivity index (χ3v) is 16.7. The van der Waals surface area contributed by atoms with E-state index in [2.05, 4.69) is 0 Å². The van der Waals surface area contributed by atoms with Crippen molar-refractivity contribution in [3.05, 3.63) is 0 Å². The molecular formula is C15H37Al2O11P4+. The number of carbonyl (C=O) groups is 1. The standard InChI is InChI=1S/C5H13O2P.2C4H11O2P.C2H3O4P.2Al.H2O/c1-4-8(6,5-2)7-3;2*1-3-7(5,6)4-2;3-2(4)1-7(5)6;;;/h4-5H2,1-3H3;2*3-4H2,1-2H3,(H,5,6);1H2,(H,3,4);;;1H2/q;;;;2*+2;/p-3. The molecule has 0 aliphatic heterocycles. The Morgan fingerprint density at radius 1 is 0.750 bits per heavy atom. The Morgan fingerprint density at radius 2 is 1.12 bits per heavy atom. The molecule has 0 rings (SSSR count). The van der Waals surface area contributed by atoms with Gasteiger partial charge in [-0.25, -0.2) is 0 Å². The number of hydrogen-bond acceptors (Lipinski definition) is 10. The van der Waals surface area contributed by atoms with Gasteiger partial charge in [-0.05, 0) is 4.57 Å². The van der Waals surface area contributed by atoms with Crippen molar-refractivity contribution in [2.24, 2.45) is 0 Å². The monoisotopic (exact) mass is 571 g/mol. The van der Waals surface area contributed by atoms with Crippen molar-refractivity contribution < 1.29 is 47.6 Å². The summed E-state index contributed by atoms with van der Waals surface area (Å²) in [6, 6.07) is 0. The highest BCUT2D eigenvalue weighted by Gasteiger charge is 2.30. The van der Waals surface area contributed by atoms with E-state index in [0.29, 0.717) is 37.0 Å². The quantitative estimate of drug-likeness (QED) is 0.194. The molecule has 0 saturated carbocycles. The summed E-state index contributed by atoms with van der Waals surface area (Å²) in [6.45, 7) is 10.7. The van der Waals surface area contributed by atoms with Crippen LogP contribution in [0.1, 0.15) is 41.5 Å². The first-order valence-electron chi connectivity index (χ1n) is 10.0. The van der Waals surface area contributed by atoms with E-state index in [4.69, 9.17) is 19.0 Å². The maximum Gasteiger partial charge on any atom is 0.781 e. The van der Waals surface area contributed by atoms with Gasteiger partial charge in [0.25, 0.3) is 6.16 Å². The highest BCUT2D eigenvalue weighted by atomic mass is 31.2. The summed E-state index contributed by atoms with van der Waals surface area (Å²) in [5.41, 5.74) is 0. The predicted molar refractivity (Wildman–Crippen MR) is 130 cm³/mol. The van der Waals surface area contributed by atoms with Gasteiger partial charge in [0, 0.05) is 44.1 Å². The van der Waals surface area contributed by atoms with Crippen molar-refractivity contribution in [1.82, 2.24) is 0 Å². The van der Waals surface area contributed by atoms with Crippen LogP contribution in [0.3, 0.4) is 0 Å². The molecule has 2 N–H and O–H groups in total. The highest BCUT2D eigenvalue weighted by molar-refractivity contribution is 7.60. The fourth-order valence-corrected chi connectivity index (χ4v) is 9.18. The maximum absolute atomic E-state index is 11.9. The SMILES string of the molecule is CCP(=O)(CC)OC.CCP(=O)(CC)[O][Al][O]C(=O)C[P+](=O)[O][Al][O]P(=O)(CC)CC.O. The molecule has 0 amide bonds. The van der Waals surface area contributed by atoms with Crippen LogP contribution in [0.2, 0.25) is 0 Å². The van der Waals surface area contributed by atoms with Crippen LogP contribution in [-0.4, -0.2) is 93.5 Å². The van der Waals surface area contributed by atoms with Crippen molar-refractivity contribution in [2.75, 3.05) is 50.2 Å². The largest absolute Gasteiger partial charge is 0.781 e. The Kier molecular flexibility index (Phi) is 23.9. The van der Waals surface area contributed by atoms with Gasteiger partial charge in [-0.3, -0.25) is 22.1 Å². The normalized spacial score (nSPS) is 12.0. The van der Waals surface area contributed by atoms with Gasteiger partial charge >= 0.3 is 45.8 Å². The number of carbonyl (C=O) groups excluding carboxylic acids is 1. The lowest BCUT2D eigenvalue weighted by Crippen LogP contribution is -2.14. The molecule has 0 heterocycles. The van der Waals surface area contributed by atoms with Crippen molar-refractivity contribution in [3.8, 4) is 0 Å². The molecule has 0 aromatic heterocycles. The van der Waals surface area contributed by atoms with Crippen LogP contribution in [0.15, 0.2) is 0 Å². The summed E-state index contributed by atoms with van der Waals surface area (Å²) in [5, 5.41) is 0. The molecule has 0 saturated heterocycles. The van der Waals surface area contributed by atoms with Gasteiger partial charge in [-0.2, -0.15) is 0 Å². The highest BCUT2D eigenvalue weighted by Crippen LogP contribution is 2.46. The first-order chi connectivity index (χ1) is 14.4. The van der Waals surface area contributed by atoms with E-state index in [1.165, 1.54) is 7.11 Å². The first-order valence-corrected chi connectivity index (χ1v) is 19.3. The van der Waals surface area contributed by atoms with Crippen molar-refractivity contribution in [1.29, 1.82) is 0 Å². The van der Waals surface area contributed by atoms with Gasteiger partial charge in [0.2, 0.25) is 7.37 Å². The van der Waals surface area contributed by atoms with E-state index in [0.717, 1.165) is 0 Å². The van der Waals surface area contributed by atoms with Crippen LogP contribution in [0.4, 0.5) is 0 Å². The smallest absolute Gasteiger partial charge is 0.596 e. The molecule has 17 heteroatoms. The van der Waals surface area contributed by atoms with E-state index >= 15 is 0 Å². The molecular weight excluding hydrogens is 534 g/mol. The van der Waals surface area contributed by atoms with Crippen LogP contribution >= 0.6 is 30.1 Å².